The molecule has 1 unspecified atom stereocenters. The van der Waals surface area contributed by atoms with Crippen molar-refractivity contribution in [2.75, 3.05) is 11.1 Å². The number of carboxylic acids is 1. The van der Waals surface area contributed by atoms with Crippen molar-refractivity contribution in [1.29, 1.82) is 0 Å². The van der Waals surface area contributed by atoms with Crippen LogP contribution in [-0.4, -0.2) is 41.0 Å². The summed E-state index contributed by atoms with van der Waals surface area (Å²) in [4.78, 5) is 15.6. The fourth-order valence-electron chi connectivity index (χ4n) is 4.34. The SMILES string of the molecule is Cc1ccc2ccnc(NC3CCS(=O)(=O)C4(C3)CC(C(=O)O)C4)c2c1. The summed E-state index contributed by atoms with van der Waals surface area (Å²) in [6.45, 7) is 2.03. The number of benzene rings is 1. The number of aromatic nitrogens is 1. The lowest BCUT2D eigenvalue weighted by Crippen LogP contribution is -2.58. The van der Waals surface area contributed by atoms with Crippen LogP contribution < -0.4 is 5.32 Å². The van der Waals surface area contributed by atoms with Gasteiger partial charge in [0.2, 0.25) is 0 Å². The molecule has 1 spiro atoms. The number of sulfone groups is 1. The second-order valence-corrected chi connectivity index (χ2v) is 10.2. The number of anilines is 1. The van der Waals surface area contributed by atoms with E-state index < -0.39 is 26.5 Å². The van der Waals surface area contributed by atoms with Gasteiger partial charge in [-0.05, 0) is 50.1 Å². The van der Waals surface area contributed by atoms with E-state index in [9.17, 15) is 13.2 Å². The second-order valence-electron chi connectivity index (χ2n) is 7.66. The molecule has 1 saturated heterocycles. The molecule has 1 aromatic heterocycles. The molecule has 4 rings (SSSR count). The number of hydrogen-bond donors (Lipinski definition) is 2. The van der Waals surface area contributed by atoms with Crippen molar-refractivity contribution < 1.29 is 18.3 Å². The summed E-state index contributed by atoms with van der Waals surface area (Å²) in [6, 6.07) is 8.11. The topological polar surface area (TPSA) is 96.4 Å². The molecule has 7 heteroatoms. The molecule has 1 atom stereocenters. The van der Waals surface area contributed by atoms with Gasteiger partial charge in [0.25, 0.3) is 0 Å². The van der Waals surface area contributed by atoms with Crippen LogP contribution in [0, 0.1) is 12.8 Å². The maximum Gasteiger partial charge on any atom is 0.306 e. The summed E-state index contributed by atoms with van der Waals surface area (Å²) < 4.78 is 24.3. The van der Waals surface area contributed by atoms with Gasteiger partial charge in [0, 0.05) is 17.6 Å². The lowest BCUT2D eigenvalue weighted by molar-refractivity contribution is -0.145. The quantitative estimate of drug-likeness (QED) is 0.858. The molecule has 2 fully saturated rings. The molecule has 0 amide bonds. The van der Waals surface area contributed by atoms with Gasteiger partial charge in [0.1, 0.15) is 5.82 Å². The van der Waals surface area contributed by atoms with E-state index in [-0.39, 0.29) is 24.6 Å². The summed E-state index contributed by atoms with van der Waals surface area (Å²) >= 11 is 0. The first-order valence-corrected chi connectivity index (χ1v) is 10.5. The number of fused-ring (bicyclic) bond motifs is 1. The number of carboxylic acid groups (broad SMARTS) is 1. The lowest BCUT2D eigenvalue weighted by Gasteiger charge is -2.49. The van der Waals surface area contributed by atoms with Crippen molar-refractivity contribution in [2.45, 2.75) is 43.4 Å². The Morgan fingerprint density at radius 2 is 2.04 bits per heavy atom. The number of carbonyl (C=O) groups is 1. The molecule has 1 aliphatic heterocycles. The van der Waals surface area contributed by atoms with Crippen LogP contribution >= 0.6 is 0 Å². The second kappa shape index (κ2) is 5.94. The van der Waals surface area contributed by atoms with E-state index in [2.05, 4.69) is 22.4 Å². The Bertz CT molecular complexity index is 980. The zero-order valence-electron chi connectivity index (χ0n) is 14.6. The first-order chi connectivity index (χ1) is 12.3. The van der Waals surface area contributed by atoms with Gasteiger partial charge in [-0.2, -0.15) is 0 Å². The van der Waals surface area contributed by atoms with Crippen molar-refractivity contribution in [1.82, 2.24) is 4.98 Å². The van der Waals surface area contributed by atoms with Gasteiger partial charge in [-0.25, -0.2) is 13.4 Å². The molecule has 0 bridgehead atoms. The molecule has 26 heavy (non-hydrogen) atoms. The average Bonchev–Trinajstić information content (AvgIpc) is 2.54. The summed E-state index contributed by atoms with van der Waals surface area (Å²) in [7, 11) is -3.25. The molecule has 2 aliphatic rings. The average molecular weight is 374 g/mol. The van der Waals surface area contributed by atoms with Crippen LogP contribution in [0.25, 0.3) is 10.8 Å². The molecular formula is C19H22N2O4S. The molecule has 2 heterocycles. The Hall–Kier alpha value is -2.15. The monoisotopic (exact) mass is 374 g/mol. The number of hydrogen-bond acceptors (Lipinski definition) is 5. The largest absolute Gasteiger partial charge is 0.481 e. The predicted octanol–water partition coefficient (Wildman–Crippen LogP) is 2.77. The minimum absolute atomic E-state index is 0.0214. The third-order valence-electron chi connectivity index (χ3n) is 5.86. The van der Waals surface area contributed by atoms with E-state index in [0.717, 1.165) is 22.2 Å². The smallest absolute Gasteiger partial charge is 0.306 e. The molecule has 1 aliphatic carbocycles. The first kappa shape index (κ1) is 17.3. The highest BCUT2D eigenvalue weighted by Crippen LogP contribution is 2.50. The van der Waals surface area contributed by atoms with Crippen LogP contribution in [0.1, 0.15) is 31.2 Å². The van der Waals surface area contributed by atoms with Gasteiger partial charge in [0.15, 0.2) is 9.84 Å². The van der Waals surface area contributed by atoms with E-state index in [4.69, 9.17) is 5.11 Å². The minimum Gasteiger partial charge on any atom is -0.481 e. The van der Waals surface area contributed by atoms with Crippen molar-refractivity contribution in [3.8, 4) is 0 Å². The number of aryl methyl sites for hydroxylation is 1. The van der Waals surface area contributed by atoms with Crippen molar-refractivity contribution in [2.24, 2.45) is 5.92 Å². The first-order valence-electron chi connectivity index (χ1n) is 8.87. The highest BCUT2D eigenvalue weighted by molar-refractivity contribution is 7.92. The summed E-state index contributed by atoms with van der Waals surface area (Å²) in [6.07, 6.45) is 3.17. The van der Waals surface area contributed by atoms with Crippen molar-refractivity contribution >= 4 is 32.4 Å². The Labute approximate surface area is 152 Å². The molecule has 138 valence electrons. The third kappa shape index (κ3) is 2.74. The van der Waals surface area contributed by atoms with Crippen LogP contribution in [-0.2, 0) is 14.6 Å². The van der Waals surface area contributed by atoms with Gasteiger partial charge >= 0.3 is 5.97 Å². The maximum absolute atomic E-state index is 12.6. The Morgan fingerprint density at radius 1 is 1.27 bits per heavy atom. The standard InChI is InChI=1S/C19H22N2O4S/c1-12-2-3-13-4-6-20-17(16(13)8-12)21-15-5-7-26(24,25)19(11-15)9-14(10-19)18(22)23/h2-4,6,8,14-15H,5,7,9-11H2,1H3,(H,20,21)(H,22,23). The maximum atomic E-state index is 12.6. The van der Waals surface area contributed by atoms with E-state index in [1.807, 2.05) is 19.1 Å². The molecule has 0 radical (unpaired) electrons. The third-order valence-corrected chi connectivity index (χ3v) is 8.45. The van der Waals surface area contributed by atoms with Crippen LogP contribution in [0.15, 0.2) is 30.5 Å². The van der Waals surface area contributed by atoms with Crippen molar-refractivity contribution in [3.63, 3.8) is 0 Å². The van der Waals surface area contributed by atoms with Crippen LogP contribution in [0.5, 0.6) is 0 Å². The van der Waals surface area contributed by atoms with Crippen LogP contribution in [0.3, 0.4) is 0 Å². The summed E-state index contributed by atoms with van der Waals surface area (Å²) in [5, 5.41) is 14.7. The minimum atomic E-state index is -3.25. The highest BCUT2D eigenvalue weighted by Gasteiger charge is 2.58. The Morgan fingerprint density at radius 3 is 2.77 bits per heavy atom. The number of aliphatic carboxylic acids is 1. The number of nitrogens with one attached hydrogen (secondary N) is 1. The fraction of sp³-hybridized carbons (Fsp3) is 0.474. The molecule has 2 aromatic rings. The molecule has 2 N–H and O–H groups in total. The normalized spacial score (nSPS) is 30.0. The van der Waals surface area contributed by atoms with Crippen LogP contribution in [0.2, 0.25) is 0 Å². The fourth-order valence-corrected chi connectivity index (χ4v) is 6.73. The van der Waals surface area contributed by atoms with Gasteiger partial charge in [-0.15, -0.1) is 0 Å². The molecule has 1 aromatic carbocycles. The van der Waals surface area contributed by atoms with Gasteiger partial charge in [-0.3, -0.25) is 4.79 Å². The zero-order chi connectivity index (χ0) is 18.5. The predicted molar refractivity (Wildman–Crippen MR) is 100 cm³/mol. The van der Waals surface area contributed by atoms with Crippen molar-refractivity contribution in [3.05, 3.63) is 36.0 Å². The van der Waals surface area contributed by atoms with Crippen LogP contribution in [0.4, 0.5) is 5.82 Å². The van der Waals surface area contributed by atoms with E-state index >= 15 is 0 Å². The van der Waals surface area contributed by atoms with E-state index in [1.165, 1.54) is 0 Å². The Balaban J connectivity index is 1.59. The van der Waals surface area contributed by atoms with E-state index in [1.54, 1.807) is 6.20 Å². The van der Waals surface area contributed by atoms with Gasteiger partial charge in [0.05, 0.1) is 16.4 Å². The molecule has 1 saturated carbocycles. The Kier molecular flexibility index (Phi) is 3.95. The van der Waals surface area contributed by atoms with Gasteiger partial charge < -0.3 is 10.4 Å². The number of pyridine rings is 1. The summed E-state index contributed by atoms with van der Waals surface area (Å²) in [5.41, 5.74) is 1.14. The molecule has 6 nitrogen and oxygen atoms in total. The lowest BCUT2D eigenvalue weighted by atomic mass is 9.70. The number of nitrogens with zero attached hydrogens (tertiary/aromatic N) is 1. The molecular weight excluding hydrogens is 352 g/mol. The number of rotatable bonds is 3. The van der Waals surface area contributed by atoms with Gasteiger partial charge in [-0.1, -0.05) is 17.7 Å². The highest BCUT2D eigenvalue weighted by atomic mass is 32.2. The zero-order valence-corrected chi connectivity index (χ0v) is 15.4. The van der Waals surface area contributed by atoms with E-state index in [0.29, 0.717) is 12.8 Å². The summed E-state index contributed by atoms with van der Waals surface area (Å²) in [5.74, 6) is -0.574.